The van der Waals surface area contributed by atoms with Gasteiger partial charge in [0.2, 0.25) is 0 Å². The molecule has 73 heavy (non-hydrogen) atoms. The number of benzene rings is 14. The van der Waals surface area contributed by atoms with Gasteiger partial charge < -0.3 is 4.90 Å². The molecule has 14 aromatic carbocycles. The van der Waals surface area contributed by atoms with E-state index in [0.717, 1.165) is 17.1 Å². The van der Waals surface area contributed by atoms with E-state index >= 15 is 0 Å². The first-order valence-corrected chi connectivity index (χ1v) is 25.2. The topological polar surface area (TPSA) is 3.24 Å². The van der Waals surface area contributed by atoms with E-state index < -0.39 is 0 Å². The van der Waals surface area contributed by atoms with Gasteiger partial charge in [0.1, 0.15) is 0 Å². The van der Waals surface area contributed by atoms with Crippen LogP contribution < -0.4 is 4.90 Å². The Balaban J connectivity index is 1.05. The van der Waals surface area contributed by atoms with Gasteiger partial charge in [0.05, 0.1) is 0 Å². The zero-order valence-corrected chi connectivity index (χ0v) is 40.1. The normalized spacial score (nSPS) is 11.6. The Labute approximate surface area is 425 Å². The zero-order chi connectivity index (χ0) is 48.2. The van der Waals surface area contributed by atoms with E-state index in [9.17, 15) is 0 Å². The molecule has 0 radical (unpaired) electrons. The van der Waals surface area contributed by atoms with Crippen LogP contribution in [0.15, 0.2) is 285 Å². The number of nitrogens with zero attached hydrogens (tertiary/aromatic N) is 1. The maximum absolute atomic E-state index is 2.44. The monoisotopic (exact) mass is 925 g/mol. The Morgan fingerprint density at radius 2 is 0.603 bits per heavy atom. The fourth-order valence-corrected chi connectivity index (χ4v) is 11.8. The third-order valence-electron chi connectivity index (χ3n) is 15.0. The molecule has 0 bridgehead atoms. The maximum atomic E-state index is 2.44. The van der Waals surface area contributed by atoms with Crippen molar-refractivity contribution in [2.45, 2.75) is 0 Å². The number of fused-ring (bicyclic) bond motifs is 6. The van der Waals surface area contributed by atoms with Crippen LogP contribution in [0.5, 0.6) is 0 Å². The van der Waals surface area contributed by atoms with E-state index in [2.05, 4.69) is 290 Å². The molecule has 0 atom stereocenters. The summed E-state index contributed by atoms with van der Waals surface area (Å²) in [5, 5.41) is 14.8. The number of rotatable bonds is 8. The van der Waals surface area contributed by atoms with Gasteiger partial charge in [0, 0.05) is 17.1 Å². The number of hydrogen-bond acceptors (Lipinski definition) is 1. The van der Waals surface area contributed by atoms with Crippen molar-refractivity contribution in [3.05, 3.63) is 285 Å². The third-order valence-corrected chi connectivity index (χ3v) is 15.0. The maximum Gasteiger partial charge on any atom is 0.0468 e. The van der Waals surface area contributed by atoms with Gasteiger partial charge in [-0.1, -0.05) is 243 Å². The Morgan fingerprint density at radius 3 is 1.22 bits per heavy atom. The van der Waals surface area contributed by atoms with E-state index in [1.165, 1.54) is 120 Å². The van der Waals surface area contributed by atoms with E-state index in [-0.39, 0.29) is 0 Å². The quantitative estimate of drug-likeness (QED) is 0.137. The molecule has 0 saturated carbocycles. The molecule has 0 unspecified atom stereocenters. The second-order valence-corrected chi connectivity index (χ2v) is 19.1. The van der Waals surface area contributed by atoms with Crippen molar-refractivity contribution in [3.8, 4) is 55.6 Å². The van der Waals surface area contributed by atoms with Gasteiger partial charge >= 0.3 is 0 Å². The van der Waals surface area contributed by atoms with E-state index in [4.69, 9.17) is 0 Å². The van der Waals surface area contributed by atoms with Crippen LogP contribution in [0.1, 0.15) is 0 Å². The summed E-state index contributed by atoms with van der Waals surface area (Å²) >= 11 is 0. The summed E-state index contributed by atoms with van der Waals surface area (Å²) in [6.07, 6.45) is 0. The van der Waals surface area contributed by atoms with Crippen LogP contribution >= 0.6 is 0 Å². The Morgan fingerprint density at radius 1 is 0.192 bits per heavy atom. The molecule has 1 nitrogen and oxygen atoms in total. The second-order valence-electron chi connectivity index (χ2n) is 19.1. The largest absolute Gasteiger partial charge is 0.310 e. The van der Waals surface area contributed by atoms with Crippen molar-refractivity contribution in [1.82, 2.24) is 0 Å². The first-order chi connectivity index (χ1) is 36.2. The van der Waals surface area contributed by atoms with E-state index in [1.54, 1.807) is 0 Å². The molecule has 0 saturated heterocycles. The van der Waals surface area contributed by atoms with Gasteiger partial charge in [-0.2, -0.15) is 0 Å². The van der Waals surface area contributed by atoms with Gasteiger partial charge in [0.15, 0.2) is 0 Å². The Hall–Kier alpha value is -9.56. The molecule has 0 amide bonds. The van der Waals surface area contributed by atoms with Crippen LogP contribution in [0.2, 0.25) is 0 Å². The molecule has 14 rings (SSSR count). The van der Waals surface area contributed by atoms with Crippen molar-refractivity contribution >= 4 is 81.7 Å². The summed E-state index contributed by atoms with van der Waals surface area (Å²) in [6, 6.07) is 105. The number of para-hydroxylation sites is 2. The molecule has 1 heteroatoms. The van der Waals surface area contributed by atoms with Crippen LogP contribution in [0.25, 0.3) is 120 Å². The molecule has 0 aliphatic heterocycles. The van der Waals surface area contributed by atoms with E-state index in [1.807, 2.05) is 0 Å². The zero-order valence-electron chi connectivity index (χ0n) is 40.1. The summed E-state index contributed by atoms with van der Waals surface area (Å²) in [7, 11) is 0. The Bertz CT molecular complexity index is 4300. The van der Waals surface area contributed by atoms with Crippen LogP contribution in [-0.2, 0) is 0 Å². The SMILES string of the molecule is c1ccc(N(c2ccccc2)c2ccc3c(-c4cccc5ccccc45)c4ccccc4c(-c4cccc(-c5ccc(-c6cccc7ccccc67)c6c(-c7cccc8ccccc78)cccc56)c4)c3c2)cc1. The minimum atomic E-state index is 1.09. The highest BCUT2D eigenvalue weighted by atomic mass is 15.1. The van der Waals surface area contributed by atoms with Gasteiger partial charge in [0.25, 0.3) is 0 Å². The van der Waals surface area contributed by atoms with Crippen molar-refractivity contribution in [1.29, 1.82) is 0 Å². The fraction of sp³-hybridized carbons (Fsp3) is 0. The highest BCUT2D eigenvalue weighted by Crippen LogP contribution is 2.49. The third kappa shape index (κ3) is 7.16. The number of hydrogen-bond donors (Lipinski definition) is 0. The van der Waals surface area contributed by atoms with Crippen LogP contribution in [0.4, 0.5) is 17.1 Å². The number of anilines is 3. The average Bonchev–Trinajstić information content (AvgIpc) is 3.46. The second kappa shape index (κ2) is 17.7. The molecular formula is C72H47N. The first-order valence-electron chi connectivity index (χ1n) is 25.2. The highest BCUT2D eigenvalue weighted by molar-refractivity contribution is 6.25. The van der Waals surface area contributed by atoms with Crippen molar-refractivity contribution in [3.63, 3.8) is 0 Å². The highest BCUT2D eigenvalue weighted by Gasteiger charge is 2.22. The molecular weight excluding hydrogens is 879 g/mol. The minimum absolute atomic E-state index is 1.09. The first kappa shape index (κ1) is 42.3. The summed E-state index contributed by atoms with van der Waals surface area (Å²) < 4.78 is 0. The molecule has 14 aromatic rings. The van der Waals surface area contributed by atoms with Crippen molar-refractivity contribution < 1.29 is 0 Å². The lowest BCUT2D eigenvalue weighted by molar-refractivity contribution is 1.29. The van der Waals surface area contributed by atoms with Crippen molar-refractivity contribution in [2.75, 3.05) is 4.90 Å². The molecule has 0 aromatic heterocycles. The predicted octanol–water partition coefficient (Wildman–Crippen LogP) is 20.4. The Kier molecular flexibility index (Phi) is 10.3. The summed E-state index contributed by atoms with van der Waals surface area (Å²) in [6.45, 7) is 0. The molecule has 0 aliphatic carbocycles. The van der Waals surface area contributed by atoms with E-state index in [0.29, 0.717) is 0 Å². The van der Waals surface area contributed by atoms with Crippen LogP contribution in [0, 0.1) is 0 Å². The summed E-state index contributed by atoms with van der Waals surface area (Å²) in [5.41, 5.74) is 15.5. The molecule has 0 fully saturated rings. The summed E-state index contributed by atoms with van der Waals surface area (Å²) in [4.78, 5) is 2.38. The molecule has 340 valence electrons. The fourth-order valence-electron chi connectivity index (χ4n) is 11.8. The summed E-state index contributed by atoms with van der Waals surface area (Å²) in [5.74, 6) is 0. The van der Waals surface area contributed by atoms with Gasteiger partial charge in [-0.25, -0.2) is 0 Å². The van der Waals surface area contributed by atoms with Crippen LogP contribution in [0.3, 0.4) is 0 Å². The predicted molar refractivity (Wildman–Crippen MR) is 313 cm³/mol. The minimum Gasteiger partial charge on any atom is -0.310 e. The lowest BCUT2D eigenvalue weighted by Crippen LogP contribution is -2.09. The van der Waals surface area contributed by atoms with Gasteiger partial charge in [-0.15, -0.1) is 0 Å². The van der Waals surface area contributed by atoms with Gasteiger partial charge in [-0.3, -0.25) is 0 Å². The molecule has 0 spiro atoms. The molecule has 0 aliphatic rings. The molecule has 0 heterocycles. The van der Waals surface area contributed by atoms with Crippen molar-refractivity contribution in [2.24, 2.45) is 0 Å². The van der Waals surface area contributed by atoms with Gasteiger partial charge in [-0.05, 0) is 163 Å². The van der Waals surface area contributed by atoms with Crippen LogP contribution in [-0.4, -0.2) is 0 Å². The smallest absolute Gasteiger partial charge is 0.0468 e. The average molecular weight is 926 g/mol. The lowest BCUT2D eigenvalue weighted by atomic mass is 9.83. The lowest BCUT2D eigenvalue weighted by Gasteiger charge is -2.27. The molecule has 0 N–H and O–H groups in total. The standard InChI is InChI=1S/C72H47N/c1-3-28-53(29-4-1)73(54-30-5-2-6-31-54)55-42-43-68-69(47-55)70(65-35-13-14-36-66(65)72(68)62-39-18-25-50-22-9-12-34-58(50)62)52-27-15-26-51(46-52)59-44-45-67(61-38-17-24-49-21-8-11-33-57(49)61)71-63(59)40-19-41-64(71)60-37-16-23-48-20-7-10-32-56(48)60/h1-47H.